The normalized spacial score (nSPS) is 21.3. The van der Waals surface area contributed by atoms with Crippen molar-refractivity contribution in [2.45, 2.75) is 19.0 Å². The van der Waals surface area contributed by atoms with Gasteiger partial charge in [-0.2, -0.15) is 0 Å². The maximum absolute atomic E-state index is 4.59. The summed E-state index contributed by atoms with van der Waals surface area (Å²) in [5.74, 6) is 0.787. The third-order valence-electron chi connectivity index (χ3n) is 3.24. The lowest BCUT2D eigenvalue weighted by Crippen LogP contribution is -2.51. The van der Waals surface area contributed by atoms with Crippen molar-refractivity contribution in [2.24, 2.45) is 0 Å². The highest BCUT2D eigenvalue weighted by molar-refractivity contribution is 5.32. The van der Waals surface area contributed by atoms with E-state index >= 15 is 0 Å². The predicted molar refractivity (Wildman–Crippen MR) is 62.4 cm³/mol. The van der Waals surface area contributed by atoms with E-state index in [0.717, 1.165) is 38.5 Å². The van der Waals surface area contributed by atoms with Crippen molar-refractivity contribution in [3.05, 3.63) is 17.5 Å². The van der Waals surface area contributed by atoms with Gasteiger partial charge in [0, 0.05) is 44.4 Å². The van der Waals surface area contributed by atoms with Crippen molar-refractivity contribution >= 4 is 5.95 Å². The van der Waals surface area contributed by atoms with Gasteiger partial charge in [0.2, 0.25) is 5.95 Å². The smallest absolute Gasteiger partial charge is 0.223 e. The van der Waals surface area contributed by atoms with Crippen molar-refractivity contribution in [1.29, 1.82) is 0 Å². The molecule has 3 rings (SSSR count). The van der Waals surface area contributed by atoms with Gasteiger partial charge in [-0.3, -0.25) is 0 Å². The summed E-state index contributed by atoms with van der Waals surface area (Å²) in [7, 11) is 2.13. The highest BCUT2D eigenvalue weighted by atomic mass is 15.2. The van der Waals surface area contributed by atoms with Gasteiger partial charge in [0.1, 0.15) is 0 Å². The Bertz CT molecular complexity index is 388. The Morgan fingerprint density at radius 1 is 1.50 bits per heavy atom. The van der Waals surface area contributed by atoms with E-state index in [4.69, 9.17) is 0 Å². The number of nitrogens with one attached hydrogen (secondary N) is 2. The van der Waals surface area contributed by atoms with Crippen LogP contribution < -0.4 is 10.6 Å². The molecule has 5 heteroatoms. The number of likely N-dealkylation sites (N-methyl/N-ethyl adjacent to an activating group) is 1. The van der Waals surface area contributed by atoms with Gasteiger partial charge in [0.25, 0.3) is 0 Å². The van der Waals surface area contributed by atoms with Crippen LogP contribution in [0.5, 0.6) is 0 Å². The van der Waals surface area contributed by atoms with Crippen LogP contribution in [0.15, 0.2) is 6.20 Å². The van der Waals surface area contributed by atoms with Crippen molar-refractivity contribution in [3.8, 4) is 0 Å². The summed E-state index contributed by atoms with van der Waals surface area (Å²) in [5, 5.41) is 6.57. The molecule has 1 saturated heterocycles. The Kier molecular flexibility index (Phi) is 2.49. The fourth-order valence-electron chi connectivity index (χ4n) is 2.10. The lowest BCUT2D eigenvalue weighted by Gasteiger charge is -2.29. The first-order valence-corrected chi connectivity index (χ1v) is 5.82. The highest BCUT2D eigenvalue weighted by Crippen LogP contribution is 2.16. The van der Waals surface area contributed by atoms with E-state index in [0.29, 0.717) is 6.04 Å². The summed E-state index contributed by atoms with van der Waals surface area (Å²) >= 11 is 0. The Balaban J connectivity index is 1.76. The van der Waals surface area contributed by atoms with E-state index in [1.54, 1.807) is 0 Å². The second kappa shape index (κ2) is 3.99. The van der Waals surface area contributed by atoms with Crippen LogP contribution in [0.1, 0.15) is 11.3 Å². The molecule has 0 spiro atoms. The fourth-order valence-corrected chi connectivity index (χ4v) is 2.10. The van der Waals surface area contributed by atoms with Gasteiger partial charge in [0.15, 0.2) is 0 Å². The van der Waals surface area contributed by atoms with E-state index in [2.05, 4.69) is 32.5 Å². The summed E-state index contributed by atoms with van der Waals surface area (Å²) < 4.78 is 0. The maximum atomic E-state index is 4.59. The Labute approximate surface area is 95.3 Å². The predicted octanol–water partition coefficient (Wildman–Crippen LogP) is -0.152. The lowest BCUT2D eigenvalue weighted by atomic mass is 10.1. The molecule has 1 aromatic heterocycles. The van der Waals surface area contributed by atoms with E-state index in [1.165, 1.54) is 11.3 Å². The number of aromatic nitrogens is 2. The first-order chi connectivity index (χ1) is 7.81. The summed E-state index contributed by atoms with van der Waals surface area (Å²) in [4.78, 5) is 11.3. The maximum Gasteiger partial charge on any atom is 0.223 e. The molecule has 1 aromatic rings. The molecule has 3 heterocycles. The molecular formula is C11H17N5. The van der Waals surface area contributed by atoms with Gasteiger partial charge in [-0.05, 0) is 7.05 Å². The van der Waals surface area contributed by atoms with Crippen molar-refractivity contribution < 1.29 is 0 Å². The van der Waals surface area contributed by atoms with Crippen LogP contribution in [-0.2, 0) is 13.0 Å². The van der Waals surface area contributed by atoms with Crippen molar-refractivity contribution in [1.82, 2.24) is 20.2 Å². The third kappa shape index (κ3) is 1.88. The van der Waals surface area contributed by atoms with Crippen LogP contribution in [0.3, 0.4) is 0 Å². The molecule has 0 saturated carbocycles. The molecule has 0 radical (unpaired) electrons. The number of fused-ring (bicyclic) bond motifs is 1. The van der Waals surface area contributed by atoms with E-state index < -0.39 is 0 Å². The van der Waals surface area contributed by atoms with Crippen LogP contribution in [0.2, 0.25) is 0 Å². The van der Waals surface area contributed by atoms with Gasteiger partial charge in [0.05, 0.1) is 11.7 Å². The van der Waals surface area contributed by atoms with Crippen molar-refractivity contribution in [3.63, 3.8) is 0 Å². The quantitative estimate of drug-likeness (QED) is 0.724. The van der Waals surface area contributed by atoms with Crippen LogP contribution >= 0.6 is 0 Å². The monoisotopic (exact) mass is 219 g/mol. The van der Waals surface area contributed by atoms with Crippen LogP contribution in [-0.4, -0.2) is 47.6 Å². The van der Waals surface area contributed by atoms with Crippen LogP contribution in [0, 0.1) is 0 Å². The molecular weight excluding hydrogens is 202 g/mol. The average Bonchev–Trinajstić information content (AvgIpc) is 2.23. The first-order valence-electron chi connectivity index (χ1n) is 5.82. The molecule has 0 bridgehead atoms. The molecule has 2 aliphatic rings. The first kappa shape index (κ1) is 9.99. The summed E-state index contributed by atoms with van der Waals surface area (Å²) in [6.45, 7) is 4.10. The van der Waals surface area contributed by atoms with Gasteiger partial charge in [-0.15, -0.1) is 0 Å². The molecule has 2 aliphatic heterocycles. The van der Waals surface area contributed by atoms with E-state index in [9.17, 15) is 0 Å². The lowest BCUT2D eigenvalue weighted by molar-refractivity contribution is 0.309. The highest BCUT2D eigenvalue weighted by Gasteiger charge is 2.19. The largest absolute Gasteiger partial charge is 0.349 e. The van der Waals surface area contributed by atoms with Crippen LogP contribution in [0.4, 0.5) is 5.95 Å². The Morgan fingerprint density at radius 2 is 2.38 bits per heavy atom. The standard InChI is InChI=1S/C11H17N5/c1-16-3-2-10-8(7-16)4-13-11(15-10)14-9-5-12-6-9/h4,9,12H,2-3,5-7H2,1H3,(H,13,14,15). The molecule has 86 valence electrons. The molecule has 0 aromatic carbocycles. The van der Waals surface area contributed by atoms with Crippen molar-refractivity contribution in [2.75, 3.05) is 32.0 Å². The van der Waals surface area contributed by atoms with E-state index in [-0.39, 0.29) is 0 Å². The SMILES string of the molecule is CN1CCc2nc(NC3CNC3)ncc2C1. The van der Waals surface area contributed by atoms with Gasteiger partial charge in [-0.1, -0.05) is 0 Å². The third-order valence-corrected chi connectivity index (χ3v) is 3.24. The minimum Gasteiger partial charge on any atom is -0.349 e. The zero-order valence-corrected chi connectivity index (χ0v) is 9.53. The number of hydrogen-bond acceptors (Lipinski definition) is 5. The zero-order chi connectivity index (χ0) is 11.0. The number of rotatable bonds is 2. The number of nitrogens with zero attached hydrogens (tertiary/aromatic N) is 3. The minimum absolute atomic E-state index is 0.504. The molecule has 0 aliphatic carbocycles. The zero-order valence-electron chi connectivity index (χ0n) is 9.53. The van der Waals surface area contributed by atoms with Gasteiger partial charge in [-0.25, -0.2) is 9.97 Å². The summed E-state index contributed by atoms with van der Waals surface area (Å²) in [6.07, 6.45) is 3.00. The Hall–Kier alpha value is -1.20. The van der Waals surface area contributed by atoms with Gasteiger partial charge >= 0.3 is 0 Å². The molecule has 16 heavy (non-hydrogen) atoms. The molecule has 1 fully saturated rings. The van der Waals surface area contributed by atoms with Crippen LogP contribution in [0.25, 0.3) is 0 Å². The fraction of sp³-hybridized carbons (Fsp3) is 0.636. The molecule has 0 atom stereocenters. The molecule has 2 N–H and O–H groups in total. The molecule has 0 unspecified atom stereocenters. The topological polar surface area (TPSA) is 53.1 Å². The average molecular weight is 219 g/mol. The summed E-state index contributed by atoms with van der Waals surface area (Å²) in [5.41, 5.74) is 2.48. The molecule has 0 amide bonds. The minimum atomic E-state index is 0.504. The number of anilines is 1. The van der Waals surface area contributed by atoms with Gasteiger partial charge < -0.3 is 15.5 Å². The Morgan fingerprint density at radius 3 is 3.12 bits per heavy atom. The summed E-state index contributed by atoms with van der Waals surface area (Å²) in [6, 6.07) is 0.504. The number of hydrogen-bond donors (Lipinski definition) is 2. The second-order valence-electron chi connectivity index (χ2n) is 4.65. The second-order valence-corrected chi connectivity index (χ2v) is 4.65. The van der Waals surface area contributed by atoms with E-state index in [1.807, 2.05) is 6.20 Å². The molecule has 5 nitrogen and oxygen atoms in total.